The van der Waals surface area contributed by atoms with Crippen LogP contribution in [0.4, 0.5) is 13.2 Å². The van der Waals surface area contributed by atoms with Crippen LogP contribution >= 0.6 is 0 Å². The fraction of sp³-hybridized carbons (Fsp3) is 0.310. The zero-order valence-corrected chi connectivity index (χ0v) is 20.8. The number of benzene rings is 3. The Hall–Kier alpha value is -3.49. The van der Waals surface area contributed by atoms with Gasteiger partial charge in [0.05, 0.1) is 26.9 Å². The normalized spacial score (nSPS) is 15.4. The van der Waals surface area contributed by atoms with Gasteiger partial charge in [0.15, 0.2) is 11.5 Å². The lowest BCUT2D eigenvalue weighted by atomic mass is 9.93. The van der Waals surface area contributed by atoms with Gasteiger partial charge in [-0.15, -0.1) is 0 Å². The van der Waals surface area contributed by atoms with Crippen LogP contribution in [-0.2, 0) is 24.4 Å². The van der Waals surface area contributed by atoms with Crippen molar-refractivity contribution in [2.45, 2.75) is 31.9 Å². The Morgan fingerprint density at radius 3 is 2.43 bits per heavy atom. The van der Waals surface area contributed by atoms with Crippen molar-refractivity contribution in [3.63, 3.8) is 0 Å². The van der Waals surface area contributed by atoms with E-state index < -0.39 is 12.8 Å². The third-order valence-electron chi connectivity index (χ3n) is 6.07. The lowest BCUT2D eigenvalue weighted by molar-refractivity contribution is -0.176. The highest BCUT2D eigenvalue weighted by molar-refractivity contribution is 5.56. The molecule has 1 unspecified atom stereocenters. The standard InChI is InChI=1S/C29H30F3NO4/c1-34-26-11-9-20(14-23(26)18-36-19-29(30,31)32)8-10-25-24-16-27(35-2)28(15-22(24)12-13-33-25)37-17-21-6-4-3-5-7-21/h3-11,14-16,25,33H,12-13,17-19H2,1-2H3/b10-8+. The first-order valence-electron chi connectivity index (χ1n) is 12.0. The molecule has 1 N–H and O–H groups in total. The molecule has 0 saturated carbocycles. The number of hydrogen-bond acceptors (Lipinski definition) is 5. The van der Waals surface area contributed by atoms with Crippen LogP contribution in [0.25, 0.3) is 6.08 Å². The average Bonchev–Trinajstić information content (AvgIpc) is 2.90. The summed E-state index contributed by atoms with van der Waals surface area (Å²) >= 11 is 0. The van der Waals surface area contributed by atoms with E-state index in [1.807, 2.05) is 60.7 Å². The molecule has 0 radical (unpaired) electrons. The Labute approximate surface area is 214 Å². The third-order valence-corrected chi connectivity index (χ3v) is 6.07. The zero-order chi connectivity index (χ0) is 26.3. The SMILES string of the molecule is COc1ccc(/C=C/C2NCCc3cc(OCc4ccccc4)c(OC)cc32)cc1COCC(F)(F)F. The Bertz CT molecular complexity index is 1210. The molecule has 1 aliphatic heterocycles. The van der Waals surface area contributed by atoms with Crippen LogP contribution in [0.15, 0.2) is 66.7 Å². The fourth-order valence-electron chi connectivity index (χ4n) is 4.27. The molecule has 0 aliphatic carbocycles. The van der Waals surface area contributed by atoms with Crippen molar-refractivity contribution < 1.29 is 32.1 Å². The van der Waals surface area contributed by atoms with Crippen molar-refractivity contribution in [1.29, 1.82) is 0 Å². The number of ether oxygens (including phenoxy) is 4. The van der Waals surface area contributed by atoms with Gasteiger partial charge >= 0.3 is 6.18 Å². The monoisotopic (exact) mass is 513 g/mol. The van der Waals surface area contributed by atoms with Gasteiger partial charge in [-0.25, -0.2) is 0 Å². The number of hydrogen-bond donors (Lipinski definition) is 1. The molecule has 0 bridgehead atoms. The molecule has 5 nitrogen and oxygen atoms in total. The summed E-state index contributed by atoms with van der Waals surface area (Å²) in [5.74, 6) is 1.84. The third kappa shape index (κ3) is 7.27. The van der Waals surface area contributed by atoms with Crippen LogP contribution in [0.5, 0.6) is 17.2 Å². The molecular formula is C29H30F3NO4. The molecule has 0 spiro atoms. The van der Waals surface area contributed by atoms with E-state index in [4.69, 9.17) is 18.9 Å². The van der Waals surface area contributed by atoms with Crippen molar-refractivity contribution in [2.24, 2.45) is 0 Å². The average molecular weight is 514 g/mol. The smallest absolute Gasteiger partial charge is 0.411 e. The second-order valence-corrected chi connectivity index (χ2v) is 8.70. The van der Waals surface area contributed by atoms with Crippen LogP contribution in [0.2, 0.25) is 0 Å². The minimum Gasteiger partial charge on any atom is -0.496 e. The van der Waals surface area contributed by atoms with Gasteiger partial charge in [0.25, 0.3) is 0 Å². The van der Waals surface area contributed by atoms with Crippen LogP contribution in [-0.4, -0.2) is 33.5 Å². The largest absolute Gasteiger partial charge is 0.496 e. The molecule has 0 fully saturated rings. The van der Waals surface area contributed by atoms with Gasteiger partial charge in [-0.1, -0.05) is 48.6 Å². The van der Waals surface area contributed by atoms with Crippen molar-refractivity contribution in [2.75, 3.05) is 27.4 Å². The molecule has 1 aliphatic rings. The number of rotatable bonds is 10. The number of fused-ring (bicyclic) bond motifs is 1. The Balaban J connectivity index is 1.50. The summed E-state index contributed by atoms with van der Waals surface area (Å²) in [6.07, 6.45) is 0.447. The summed E-state index contributed by atoms with van der Waals surface area (Å²) in [5, 5.41) is 3.50. The summed E-state index contributed by atoms with van der Waals surface area (Å²) < 4.78 is 59.3. The van der Waals surface area contributed by atoms with Crippen molar-refractivity contribution in [3.05, 3.63) is 94.6 Å². The van der Waals surface area contributed by atoms with Crippen LogP contribution in [0, 0.1) is 0 Å². The summed E-state index contributed by atoms with van der Waals surface area (Å²) in [4.78, 5) is 0. The van der Waals surface area contributed by atoms with E-state index in [-0.39, 0.29) is 12.6 Å². The number of methoxy groups -OCH3 is 2. The molecule has 196 valence electrons. The van der Waals surface area contributed by atoms with Gasteiger partial charge in [-0.05, 0) is 52.9 Å². The highest BCUT2D eigenvalue weighted by Gasteiger charge is 2.27. The molecular weight excluding hydrogens is 483 g/mol. The Morgan fingerprint density at radius 1 is 0.919 bits per heavy atom. The topological polar surface area (TPSA) is 49.0 Å². The van der Waals surface area contributed by atoms with Crippen molar-refractivity contribution >= 4 is 6.08 Å². The minimum atomic E-state index is -4.38. The minimum absolute atomic E-state index is 0.0622. The summed E-state index contributed by atoms with van der Waals surface area (Å²) in [7, 11) is 3.10. The van der Waals surface area contributed by atoms with Gasteiger partial charge < -0.3 is 24.3 Å². The quantitative estimate of drug-likeness (QED) is 0.347. The predicted octanol–water partition coefficient (Wildman–Crippen LogP) is 6.26. The van der Waals surface area contributed by atoms with Crippen LogP contribution in [0.3, 0.4) is 0 Å². The number of alkyl halides is 3. The number of nitrogens with one attached hydrogen (secondary N) is 1. The Kier molecular flexibility index (Phi) is 8.74. The first kappa shape index (κ1) is 26.6. The molecule has 0 amide bonds. The van der Waals surface area contributed by atoms with E-state index in [2.05, 4.69) is 5.32 Å². The maximum atomic E-state index is 12.5. The zero-order valence-electron chi connectivity index (χ0n) is 20.8. The highest BCUT2D eigenvalue weighted by atomic mass is 19.4. The molecule has 1 heterocycles. The lowest BCUT2D eigenvalue weighted by Crippen LogP contribution is -2.28. The van der Waals surface area contributed by atoms with Crippen LogP contribution in [0.1, 0.15) is 33.9 Å². The summed E-state index contributed by atoms with van der Waals surface area (Å²) in [6.45, 7) is -0.259. The second kappa shape index (κ2) is 12.2. The van der Waals surface area contributed by atoms with Gasteiger partial charge in [0.2, 0.25) is 0 Å². The van der Waals surface area contributed by atoms with Crippen molar-refractivity contribution in [1.82, 2.24) is 5.32 Å². The van der Waals surface area contributed by atoms with Gasteiger partial charge in [-0.2, -0.15) is 13.2 Å². The van der Waals surface area contributed by atoms with E-state index >= 15 is 0 Å². The van der Waals surface area contributed by atoms with E-state index in [0.29, 0.717) is 29.4 Å². The highest BCUT2D eigenvalue weighted by Crippen LogP contribution is 2.36. The number of halogens is 3. The molecule has 8 heteroatoms. The first-order valence-corrected chi connectivity index (χ1v) is 12.0. The van der Waals surface area contributed by atoms with Crippen molar-refractivity contribution in [3.8, 4) is 17.2 Å². The molecule has 1 atom stereocenters. The van der Waals surface area contributed by atoms with Gasteiger partial charge in [0.1, 0.15) is 19.0 Å². The van der Waals surface area contributed by atoms with E-state index in [9.17, 15) is 13.2 Å². The fourth-order valence-corrected chi connectivity index (χ4v) is 4.27. The van der Waals surface area contributed by atoms with E-state index in [1.165, 1.54) is 12.7 Å². The van der Waals surface area contributed by atoms with Gasteiger partial charge in [-0.3, -0.25) is 0 Å². The molecule has 3 aromatic rings. The lowest BCUT2D eigenvalue weighted by Gasteiger charge is -2.26. The predicted molar refractivity (Wildman–Crippen MR) is 136 cm³/mol. The molecule has 3 aromatic carbocycles. The summed E-state index contributed by atoms with van der Waals surface area (Å²) in [5.41, 5.74) is 4.72. The summed E-state index contributed by atoms with van der Waals surface area (Å²) in [6, 6.07) is 19.3. The maximum absolute atomic E-state index is 12.5. The molecule has 0 aromatic heterocycles. The van der Waals surface area contributed by atoms with Crippen LogP contribution < -0.4 is 19.5 Å². The second-order valence-electron chi connectivity index (χ2n) is 8.70. The van der Waals surface area contributed by atoms with E-state index in [0.717, 1.165) is 29.7 Å². The van der Waals surface area contributed by atoms with E-state index in [1.54, 1.807) is 19.2 Å². The first-order chi connectivity index (χ1) is 17.9. The maximum Gasteiger partial charge on any atom is 0.411 e. The molecule has 0 saturated heterocycles. The van der Waals surface area contributed by atoms with Gasteiger partial charge in [0, 0.05) is 12.1 Å². The Morgan fingerprint density at radius 2 is 1.70 bits per heavy atom. The molecule has 37 heavy (non-hydrogen) atoms. The molecule has 4 rings (SSSR count).